The lowest BCUT2D eigenvalue weighted by Gasteiger charge is -2.09. The van der Waals surface area contributed by atoms with Crippen molar-refractivity contribution in [2.75, 3.05) is 6.61 Å². The summed E-state index contributed by atoms with van der Waals surface area (Å²) in [6.07, 6.45) is 1.45. The molecule has 1 nitrogen and oxygen atoms in total. The molecule has 0 aliphatic rings. The zero-order valence-electron chi connectivity index (χ0n) is 16.8. The van der Waals surface area contributed by atoms with Crippen molar-refractivity contribution < 1.29 is 22.3 Å². The van der Waals surface area contributed by atoms with Crippen LogP contribution in [0, 0.1) is 35.1 Å². The van der Waals surface area contributed by atoms with E-state index >= 15 is 0 Å². The Labute approximate surface area is 182 Å². The first-order chi connectivity index (χ1) is 15.4. The van der Waals surface area contributed by atoms with Crippen molar-refractivity contribution in [2.45, 2.75) is 0 Å². The summed E-state index contributed by atoms with van der Waals surface area (Å²) in [5.41, 5.74) is 0.404. The van der Waals surface area contributed by atoms with Gasteiger partial charge in [0.15, 0.2) is 0 Å². The number of benzene rings is 4. The third-order valence-electron chi connectivity index (χ3n) is 4.79. The molecular formula is C27H16F4O. The number of halogens is 4. The van der Waals surface area contributed by atoms with Crippen LogP contribution in [0.15, 0.2) is 79.4 Å². The number of ether oxygens (including phenoxy) is 1. The highest BCUT2D eigenvalue weighted by atomic mass is 19.1. The van der Waals surface area contributed by atoms with Gasteiger partial charge in [-0.1, -0.05) is 42.7 Å². The molecule has 0 fully saturated rings. The Morgan fingerprint density at radius 1 is 0.750 bits per heavy atom. The molecule has 0 unspecified atom stereocenters. The molecule has 0 heterocycles. The highest BCUT2D eigenvalue weighted by Crippen LogP contribution is 2.31. The highest BCUT2D eigenvalue weighted by Gasteiger charge is 2.15. The van der Waals surface area contributed by atoms with Gasteiger partial charge in [-0.3, -0.25) is 0 Å². The van der Waals surface area contributed by atoms with E-state index in [1.165, 1.54) is 30.3 Å². The Bertz CT molecular complexity index is 1370. The van der Waals surface area contributed by atoms with Gasteiger partial charge >= 0.3 is 0 Å². The van der Waals surface area contributed by atoms with E-state index < -0.39 is 17.5 Å². The van der Waals surface area contributed by atoms with Gasteiger partial charge in [0.05, 0.1) is 11.1 Å². The minimum absolute atomic E-state index is 0.0183. The molecule has 0 N–H and O–H groups in total. The fourth-order valence-corrected chi connectivity index (χ4v) is 3.27. The van der Waals surface area contributed by atoms with E-state index in [0.717, 1.165) is 29.0 Å². The maximum Gasteiger partial charge on any atom is 0.139 e. The van der Waals surface area contributed by atoms with Crippen molar-refractivity contribution in [1.29, 1.82) is 0 Å². The molecule has 0 aromatic heterocycles. The molecule has 0 saturated heterocycles. The van der Waals surface area contributed by atoms with Crippen LogP contribution >= 0.6 is 0 Å². The lowest BCUT2D eigenvalue weighted by molar-refractivity contribution is 0.358. The van der Waals surface area contributed by atoms with Gasteiger partial charge in [-0.15, -0.1) is 0 Å². The maximum absolute atomic E-state index is 14.6. The van der Waals surface area contributed by atoms with Gasteiger partial charge in [0, 0.05) is 17.7 Å². The fourth-order valence-electron chi connectivity index (χ4n) is 3.27. The molecule has 0 aliphatic carbocycles. The minimum Gasteiger partial charge on any atom is -0.489 e. The zero-order valence-corrected chi connectivity index (χ0v) is 16.8. The predicted octanol–water partition coefficient (Wildman–Crippen LogP) is 7.03. The van der Waals surface area contributed by atoms with Crippen LogP contribution in [0.25, 0.3) is 21.9 Å². The Morgan fingerprint density at radius 3 is 2.19 bits per heavy atom. The quantitative estimate of drug-likeness (QED) is 0.191. The minimum atomic E-state index is -0.866. The summed E-state index contributed by atoms with van der Waals surface area (Å²) in [4.78, 5) is 0. The van der Waals surface area contributed by atoms with Crippen molar-refractivity contribution in [2.24, 2.45) is 0 Å². The number of fused-ring (bicyclic) bond motifs is 1. The van der Waals surface area contributed by atoms with Crippen LogP contribution in [0.3, 0.4) is 0 Å². The Morgan fingerprint density at radius 2 is 1.47 bits per heavy atom. The van der Waals surface area contributed by atoms with Crippen molar-refractivity contribution in [3.63, 3.8) is 0 Å². The monoisotopic (exact) mass is 432 g/mol. The van der Waals surface area contributed by atoms with Gasteiger partial charge in [-0.05, 0) is 52.7 Å². The molecule has 4 aromatic carbocycles. The van der Waals surface area contributed by atoms with E-state index in [1.807, 2.05) is 0 Å². The molecule has 0 radical (unpaired) electrons. The van der Waals surface area contributed by atoms with E-state index in [9.17, 15) is 17.6 Å². The Balaban J connectivity index is 1.62. The van der Waals surface area contributed by atoms with Gasteiger partial charge in [0.1, 0.15) is 35.6 Å². The standard InChI is InChI=1S/C27H16F4O/c1-2-11-32-23-15-25(30)27(26(31)16-23)21-8-7-18(24(29)14-21)5-3-17-4-6-20-13-22(28)10-9-19(20)12-17/h2,4,6-10,12-16H,1,11H2. The van der Waals surface area contributed by atoms with E-state index in [0.29, 0.717) is 5.56 Å². The van der Waals surface area contributed by atoms with Crippen LogP contribution in [0.5, 0.6) is 5.75 Å². The lowest BCUT2D eigenvalue weighted by Crippen LogP contribution is -1.97. The van der Waals surface area contributed by atoms with Gasteiger partial charge in [-0.25, -0.2) is 17.6 Å². The van der Waals surface area contributed by atoms with Gasteiger partial charge in [0.2, 0.25) is 0 Å². The van der Waals surface area contributed by atoms with Crippen LogP contribution in [0.4, 0.5) is 17.6 Å². The molecule has 0 saturated carbocycles. The van der Waals surface area contributed by atoms with Crippen LogP contribution < -0.4 is 4.74 Å². The van der Waals surface area contributed by atoms with Crippen molar-refractivity contribution in [3.8, 4) is 28.7 Å². The number of rotatable bonds is 4. The molecule has 0 bridgehead atoms. The van der Waals surface area contributed by atoms with E-state index in [4.69, 9.17) is 4.74 Å². The van der Waals surface area contributed by atoms with Gasteiger partial charge in [-0.2, -0.15) is 0 Å². The first-order valence-electron chi connectivity index (χ1n) is 9.68. The normalized spacial score (nSPS) is 10.5. The average Bonchev–Trinajstić information content (AvgIpc) is 2.76. The average molecular weight is 432 g/mol. The number of hydrogen-bond donors (Lipinski definition) is 0. The third kappa shape index (κ3) is 4.50. The van der Waals surface area contributed by atoms with Crippen LogP contribution in [-0.4, -0.2) is 6.61 Å². The largest absolute Gasteiger partial charge is 0.489 e. The molecule has 158 valence electrons. The van der Waals surface area contributed by atoms with E-state index in [-0.39, 0.29) is 34.9 Å². The molecule has 0 atom stereocenters. The van der Waals surface area contributed by atoms with E-state index in [2.05, 4.69) is 18.4 Å². The first-order valence-corrected chi connectivity index (χ1v) is 9.68. The lowest BCUT2D eigenvalue weighted by atomic mass is 10.0. The number of hydrogen-bond acceptors (Lipinski definition) is 1. The summed E-state index contributed by atoms with van der Waals surface area (Å²) >= 11 is 0. The predicted molar refractivity (Wildman–Crippen MR) is 117 cm³/mol. The van der Waals surface area contributed by atoms with Crippen LogP contribution in [-0.2, 0) is 0 Å². The second kappa shape index (κ2) is 8.99. The summed E-state index contributed by atoms with van der Waals surface area (Å²) < 4.78 is 62.0. The topological polar surface area (TPSA) is 9.23 Å². The highest BCUT2D eigenvalue weighted by molar-refractivity contribution is 5.84. The molecule has 32 heavy (non-hydrogen) atoms. The molecule has 4 aromatic rings. The van der Waals surface area contributed by atoms with Gasteiger partial charge in [0.25, 0.3) is 0 Å². The van der Waals surface area contributed by atoms with Crippen molar-refractivity contribution in [3.05, 3.63) is 114 Å². The summed E-state index contributed by atoms with van der Waals surface area (Å²) in [5, 5.41) is 1.54. The second-order valence-corrected chi connectivity index (χ2v) is 7.01. The summed E-state index contributed by atoms with van der Waals surface area (Å²) in [7, 11) is 0. The maximum atomic E-state index is 14.6. The smallest absolute Gasteiger partial charge is 0.139 e. The molecule has 0 spiro atoms. The third-order valence-corrected chi connectivity index (χ3v) is 4.79. The van der Waals surface area contributed by atoms with E-state index in [1.54, 1.807) is 24.3 Å². The van der Waals surface area contributed by atoms with Crippen molar-refractivity contribution >= 4 is 10.8 Å². The fraction of sp³-hybridized carbons (Fsp3) is 0.0370. The van der Waals surface area contributed by atoms with Crippen LogP contribution in [0.2, 0.25) is 0 Å². The molecule has 4 rings (SSSR count). The Kier molecular flexibility index (Phi) is 5.96. The summed E-state index contributed by atoms with van der Waals surface area (Å²) in [5.74, 6) is 2.84. The Hall–Kier alpha value is -4.04. The zero-order chi connectivity index (χ0) is 22.7. The summed E-state index contributed by atoms with van der Waals surface area (Å²) in [6, 6.07) is 15.5. The van der Waals surface area contributed by atoms with Crippen LogP contribution in [0.1, 0.15) is 11.1 Å². The van der Waals surface area contributed by atoms with Crippen molar-refractivity contribution in [1.82, 2.24) is 0 Å². The molecule has 5 heteroatoms. The van der Waals surface area contributed by atoms with Gasteiger partial charge < -0.3 is 4.74 Å². The SMILES string of the molecule is C=CCOc1cc(F)c(-c2ccc(C#Cc3ccc4cc(F)ccc4c3)c(F)c2)c(F)c1. The molecule has 0 amide bonds. The molecular weight excluding hydrogens is 416 g/mol. The second-order valence-electron chi connectivity index (χ2n) is 7.01. The molecule has 0 aliphatic heterocycles. The first kappa shape index (κ1) is 21.2. The summed E-state index contributed by atoms with van der Waals surface area (Å²) in [6.45, 7) is 3.58.